The molecule has 0 atom stereocenters. The van der Waals surface area contributed by atoms with Gasteiger partial charge in [-0.25, -0.2) is 9.97 Å². The number of ether oxygens (including phenoxy) is 1. The first-order valence-electron chi connectivity index (χ1n) is 6.67. The Hall–Kier alpha value is -2.10. The molecule has 19 heavy (non-hydrogen) atoms. The summed E-state index contributed by atoms with van der Waals surface area (Å²) in [5, 5.41) is 3.38. The molecule has 1 aliphatic rings. The van der Waals surface area contributed by atoms with Crippen molar-refractivity contribution in [2.45, 2.75) is 25.8 Å². The molecule has 98 valence electrons. The van der Waals surface area contributed by atoms with Gasteiger partial charge in [-0.2, -0.15) is 0 Å². The highest BCUT2D eigenvalue weighted by Crippen LogP contribution is 2.26. The summed E-state index contributed by atoms with van der Waals surface area (Å²) in [7, 11) is 0. The molecule has 0 amide bonds. The quantitative estimate of drug-likeness (QED) is 0.891. The molecule has 0 spiro atoms. The lowest BCUT2D eigenvalue weighted by Crippen LogP contribution is -2.03. The van der Waals surface area contributed by atoms with E-state index in [-0.39, 0.29) is 0 Å². The van der Waals surface area contributed by atoms with Gasteiger partial charge >= 0.3 is 0 Å². The molecule has 1 fully saturated rings. The fraction of sp³-hybridized carbons (Fsp3) is 0.333. The maximum absolute atomic E-state index is 5.44. The van der Waals surface area contributed by atoms with Gasteiger partial charge in [-0.1, -0.05) is 0 Å². The van der Waals surface area contributed by atoms with Crippen molar-refractivity contribution >= 4 is 5.82 Å². The van der Waals surface area contributed by atoms with Crippen molar-refractivity contribution in [3.63, 3.8) is 0 Å². The lowest BCUT2D eigenvalue weighted by Gasteiger charge is -2.07. The monoisotopic (exact) mass is 255 g/mol. The van der Waals surface area contributed by atoms with Crippen LogP contribution in [0.15, 0.2) is 36.7 Å². The molecule has 2 aromatic rings. The number of hydrogen-bond donors (Lipinski definition) is 1. The van der Waals surface area contributed by atoms with Crippen LogP contribution in [0.1, 0.15) is 19.8 Å². The van der Waals surface area contributed by atoms with Crippen molar-refractivity contribution in [1.82, 2.24) is 9.97 Å². The SMILES string of the molecule is CCOc1ccc(-c2cc(NC3CC3)ncn2)cc1. The highest BCUT2D eigenvalue weighted by molar-refractivity contribution is 5.63. The van der Waals surface area contributed by atoms with E-state index in [1.165, 1.54) is 12.8 Å². The third-order valence-corrected chi connectivity index (χ3v) is 3.06. The van der Waals surface area contributed by atoms with Gasteiger partial charge in [0.1, 0.15) is 17.9 Å². The van der Waals surface area contributed by atoms with Crippen LogP contribution < -0.4 is 10.1 Å². The largest absolute Gasteiger partial charge is 0.494 e. The topological polar surface area (TPSA) is 47.0 Å². The highest BCUT2D eigenvalue weighted by Gasteiger charge is 2.21. The lowest BCUT2D eigenvalue weighted by molar-refractivity contribution is 0.340. The summed E-state index contributed by atoms with van der Waals surface area (Å²) in [5.74, 6) is 1.79. The van der Waals surface area contributed by atoms with Gasteiger partial charge in [0.05, 0.1) is 12.3 Å². The van der Waals surface area contributed by atoms with Gasteiger partial charge in [0.25, 0.3) is 0 Å². The maximum atomic E-state index is 5.44. The second-order valence-electron chi connectivity index (χ2n) is 4.66. The Balaban J connectivity index is 1.79. The third-order valence-electron chi connectivity index (χ3n) is 3.06. The third kappa shape index (κ3) is 3.02. The summed E-state index contributed by atoms with van der Waals surface area (Å²) >= 11 is 0. The standard InChI is InChI=1S/C15H17N3O/c1-2-19-13-7-3-11(4-8-13)14-9-15(17-10-16-14)18-12-5-6-12/h3-4,7-10,12H,2,5-6H2,1H3,(H,16,17,18). The highest BCUT2D eigenvalue weighted by atomic mass is 16.5. The summed E-state index contributed by atoms with van der Waals surface area (Å²) in [6.07, 6.45) is 4.08. The van der Waals surface area contributed by atoms with E-state index in [4.69, 9.17) is 4.74 Å². The van der Waals surface area contributed by atoms with Gasteiger partial charge in [0.2, 0.25) is 0 Å². The number of anilines is 1. The van der Waals surface area contributed by atoms with Gasteiger partial charge in [0, 0.05) is 17.7 Å². The van der Waals surface area contributed by atoms with Crippen molar-refractivity contribution in [2.24, 2.45) is 0 Å². The molecule has 4 heteroatoms. The van der Waals surface area contributed by atoms with Crippen LogP contribution in [0, 0.1) is 0 Å². The first-order valence-corrected chi connectivity index (χ1v) is 6.67. The van der Waals surface area contributed by atoms with E-state index in [0.29, 0.717) is 12.6 Å². The predicted octanol–water partition coefficient (Wildman–Crippen LogP) is 3.12. The van der Waals surface area contributed by atoms with Gasteiger partial charge < -0.3 is 10.1 Å². The van der Waals surface area contributed by atoms with Crippen molar-refractivity contribution < 1.29 is 4.74 Å². The summed E-state index contributed by atoms with van der Waals surface area (Å²) < 4.78 is 5.44. The molecule has 1 aromatic carbocycles. The fourth-order valence-corrected chi connectivity index (χ4v) is 1.92. The molecule has 3 rings (SSSR count). The zero-order chi connectivity index (χ0) is 13.1. The predicted molar refractivity (Wildman–Crippen MR) is 75.3 cm³/mol. The minimum Gasteiger partial charge on any atom is -0.494 e. The average molecular weight is 255 g/mol. The zero-order valence-electron chi connectivity index (χ0n) is 11.0. The van der Waals surface area contributed by atoms with Crippen molar-refractivity contribution in [1.29, 1.82) is 0 Å². The lowest BCUT2D eigenvalue weighted by atomic mass is 10.1. The Bertz CT molecular complexity index is 550. The minimum atomic E-state index is 0.600. The molecule has 0 saturated heterocycles. The van der Waals surface area contributed by atoms with E-state index in [1.807, 2.05) is 37.3 Å². The van der Waals surface area contributed by atoms with E-state index in [9.17, 15) is 0 Å². The van der Waals surface area contributed by atoms with Crippen LogP contribution in [-0.4, -0.2) is 22.6 Å². The second-order valence-corrected chi connectivity index (χ2v) is 4.66. The van der Waals surface area contributed by atoms with Gasteiger partial charge in [-0.15, -0.1) is 0 Å². The Kier molecular flexibility index (Phi) is 3.31. The van der Waals surface area contributed by atoms with E-state index in [2.05, 4.69) is 15.3 Å². The molecule has 1 aliphatic carbocycles. The van der Waals surface area contributed by atoms with Crippen LogP contribution in [0.2, 0.25) is 0 Å². The molecule has 1 aromatic heterocycles. The van der Waals surface area contributed by atoms with Crippen LogP contribution in [0.25, 0.3) is 11.3 Å². The number of hydrogen-bond acceptors (Lipinski definition) is 4. The molecule has 0 aliphatic heterocycles. The first kappa shape index (κ1) is 12.0. The molecule has 1 saturated carbocycles. The number of nitrogens with zero attached hydrogens (tertiary/aromatic N) is 2. The van der Waals surface area contributed by atoms with Crippen molar-refractivity contribution in [2.75, 3.05) is 11.9 Å². The Morgan fingerprint density at radius 1 is 1.21 bits per heavy atom. The fourth-order valence-electron chi connectivity index (χ4n) is 1.92. The Labute approximate surface area is 112 Å². The number of benzene rings is 1. The number of aromatic nitrogens is 2. The number of nitrogens with one attached hydrogen (secondary N) is 1. The van der Waals surface area contributed by atoms with Crippen LogP contribution in [0.3, 0.4) is 0 Å². The van der Waals surface area contributed by atoms with E-state index >= 15 is 0 Å². The second kappa shape index (κ2) is 5.26. The van der Waals surface area contributed by atoms with Crippen LogP contribution in [0.4, 0.5) is 5.82 Å². The molecule has 1 heterocycles. The summed E-state index contributed by atoms with van der Waals surface area (Å²) in [5.41, 5.74) is 2.01. The van der Waals surface area contributed by atoms with Crippen molar-refractivity contribution in [3.05, 3.63) is 36.7 Å². The summed E-state index contributed by atoms with van der Waals surface area (Å²) in [4.78, 5) is 8.57. The molecule has 0 radical (unpaired) electrons. The van der Waals surface area contributed by atoms with E-state index in [1.54, 1.807) is 6.33 Å². The number of rotatable bonds is 5. The molecule has 0 bridgehead atoms. The molecule has 4 nitrogen and oxygen atoms in total. The van der Waals surface area contributed by atoms with Gasteiger partial charge in [-0.05, 0) is 44.0 Å². The smallest absolute Gasteiger partial charge is 0.130 e. The Morgan fingerprint density at radius 3 is 2.68 bits per heavy atom. The Morgan fingerprint density at radius 2 is 2.00 bits per heavy atom. The van der Waals surface area contributed by atoms with Crippen LogP contribution >= 0.6 is 0 Å². The van der Waals surface area contributed by atoms with Gasteiger partial charge in [-0.3, -0.25) is 0 Å². The molecular formula is C15H17N3O. The van der Waals surface area contributed by atoms with Crippen LogP contribution in [0.5, 0.6) is 5.75 Å². The molecular weight excluding hydrogens is 238 g/mol. The van der Waals surface area contributed by atoms with E-state index < -0.39 is 0 Å². The first-order chi connectivity index (χ1) is 9.35. The van der Waals surface area contributed by atoms with Crippen molar-refractivity contribution in [3.8, 4) is 17.0 Å². The summed E-state index contributed by atoms with van der Waals surface area (Å²) in [6, 6.07) is 10.6. The zero-order valence-corrected chi connectivity index (χ0v) is 11.0. The van der Waals surface area contributed by atoms with Crippen LogP contribution in [-0.2, 0) is 0 Å². The van der Waals surface area contributed by atoms with Gasteiger partial charge in [0.15, 0.2) is 0 Å². The van der Waals surface area contributed by atoms with E-state index in [0.717, 1.165) is 22.8 Å². The normalized spacial score (nSPS) is 14.2. The molecule has 0 unspecified atom stereocenters. The average Bonchev–Trinajstić information content (AvgIpc) is 3.24. The maximum Gasteiger partial charge on any atom is 0.130 e. The molecule has 1 N–H and O–H groups in total. The minimum absolute atomic E-state index is 0.600. The summed E-state index contributed by atoms with van der Waals surface area (Å²) in [6.45, 7) is 2.66.